The molecule has 4 rings (SSSR count). The molecule has 17 nitrogen and oxygen atoms in total. The second-order valence-corrected chi connectivity index (χ2v) is 11.0. The van der Waals surface area contributed by atoms with E-state index in [1.165, 1.54) is 36.0 Å². The molecule has 46 heavy (non-hydrogen) atoms. The van der Waals surface area contributed by atoms with Crippen molar-refractivity contribution in [1.82, 2.24) is 9.36 Å². The molecule has 0 aliphatic rings. The predicted molar refractivity (Wildman–Crippen MR) is 161 cm³/mol. The van der Waals surface area contributed by atoms with Crippen molar-refractivity contribution in [2.45, 2.75) is 23.6 Å². The lowest BCUT2D eigenvalue weighted by atomic mass is 10.1. The van der Waals surface area contributed by atoms with Crippen molar-refractivity contribution < 1.29 is 47.7 Å². The molecule has 1 heterocycles. The number of carboxylic acids is 1. The third-order valence-electron chi connectivity index (χ3n) is 6.20. The highest BCUT2D eigenvalue weighted by Gasteiger charge is 2.27. The van der Waals surface area contributed by atoms with Gasteiger partial charge in [-0.05, 0) is 49.4 Å². The van der Waals surface area contributed by atoms with Gasteiger partial charge in [0.15, 0.2) is 17.2 Å². The number of aromatic nitrogens is 2. The summed E-state index contributed by atoms with van der Waals surface area (Å²) < 4.78 is 41.4. The Labute approximate surface area is 262 Å². The fourth-order valence-corrected chi connectivity index (χ4v) is 5.14. The van der Waals surface area contributed by atoms with Gasteiger partial charge in [0.2, 0.25) is 0 Å². The average Bonchev–Trinajstić information content (AvgIpc) is 3.20. The summed E-state index contributed by atoms with van der Waals surface area (Å²) in [4.78, 5) is 23.4. The molecule has 0 aliphatic carbocycles. The second-order valence-electron chi connectivity index (χ2n) is 8.85. The van der Waals surface area contributed by atoms with Crippen LogP contribution < -0.4 is 5.56 Å². The van der Waals surface area contributed by atoms with Gasteiger partial charge in [-0.15, -0.1) is 24.8 Å². The number of phenols is 2. The Morgan fingerprint density at radius 1 is 1.00 bits per heavy atom. The van der Waals surface area contributed by atoms with Crippen LogP contribution in [-0.2, 0) is 26.5 Å². The number of fused-ring (bicyclic) bond motifs is 1. The number of aromatic carboxylic acids is 1. The smallest absolute Gasteiger partial charge is 0.337 e. The van der Waals surface area contributed by atoms with Gasteiger partial charge in [0.25, 0.3) is 10.1 Å². The minimum Gasteiger partial charge on any atom is -0.505 e. The quantitative estimate of drug-likeness (QED) is 0.0390. The summed E-state index contributed by atoms with van der Waals surface area (Å²) in [5, 5.41) is 58.8. The number of rotatable bonds is 9. The van der Waals surface area contributed by atoms with Crippen molar-refractivity contribution in [2.75, 3.05) is 0 Å². The highest BCUT2D eigenvalue weighted by molar-refractivity contribution is 7.94. The van der Waals surface area contributed by atoms with Crippen LogP contribution in [0.4, 0.5) is 22.7 Å². The number of carboxylic acid groups (broad SMARTS) is 1. The molecule has 236 valence electrons. The van der Waals surface area contributed by atoms with Crippen LogP contribution in [0.1, 0.15) is 23.0 Å². The number of nitrogens with zero attached hydrogens (tertiary/aromatic N) is 6. The summed E-state index contributed by atoms with van der Waals surface area (Å²) in [6, 6.07) is 9.79. The minimum atomic E-state index is -5.11. The van der Waals surface area contributed by atoms with Gasteiger partial charge in [-0.2, -0.15) is 13.1 Å². The van der Waals surface area contributed by atoms with Gasteiger partial charge in [-0.25, -0.2) is 10.1 Å². The van der Waals surface area contributed by atoms with Gasteiger partial charge in [-0.3, -0.25) is 14.0 Å². The first-order valence-electron chi connectivity index (χ1n) is 12.4. The van der Waals surface area contributed by atoms with Crippen LogP contribution in [0.25, 0.3) is 10.8 Å². The number of azo groups is 2. The number of hydrogen-bond donors (Lipinski definition) is 5. The van der Waals surface area contributed by atoms with Gasteiger partial charge >= 0.3 is 11.5 Å². The molecule has 3 aromatic carbocycles. The molecule has 4 aromatic rings. The Morgan fingerprint density at radius 3 is 2.30 bits per heavy atom. The zero-order valence-electron chi connectivity index (χ0n) is 23.6. The Kier molecular flexibility index (Phi) is 9.88. The van der Waals surface area contributed by atoms with E-state index in [-0.39, 0.29) is 39.3 Å². The Balaban J connectivity index is 1.99. The molecule has 0 aliphatic heterocycles. The Bertz CT molecular complexity index is 2250. The van der Waals surface area contributed by atoms with E-state index < -0.39 is 54.8 Å². The minimum absolute atomic E-state index is 0.180. The predicted octanol–water partition coefficient (Wildman–Crippen LogP) is 5.10. The van der Waals surface area contributed by atoms with Crippen molar-refractivity contribution in [1.29, 1.82) is 0 Å². The fourth-order valence-electron chi connectivity index (χ4n) is 3.99. The zero-order valence-corrected chi connectivity index (χ0v) is 25.3. The maximum atomic E-state index is 13.0. The third kappa shape index (κ3) is 6.60. The number of carbonyl (C=O) groups is 1. The van der Waals surface area contributed by atoms with Crippen LogP contribution in [0.15, 0.2) is 71.4 Å². The van der Waals surface area contributed by atoms with Crippen LogP contribution in [0, 0.1) is 30.7 Å². The van der Waals surface area contributed by atoms with E-state index in [2.05, 4.69) is 53.6 Å². The van der Waals surface area contributed by atoms with Gasteiger partial charge in [0, 0.05) is 13.0 Å². The molecule has 0 bridgehead atoms. The summed E-state index contributed by atoms with van der Waals surface area (Å²) >= 11 is 0.274. The monoisotopic (exact) mass is 668 g/mol. The molecule has 5 N–H and O–H groups in total. The molecule has 0 fully saturated rings. The molecule has 0 atom stereocenters. The van der Waals surface area contributed by atoms with E-state index in [4.69, 9.17) is 5.26 Å². The number of benzene rings is 3. The Hall–Kier alpha value is -5.54. The van der Waals surface area contributed by atoms with E-state index in [1.54, 1.807) is 13.8 Å². The van der Waals surface area contributed by atoms with Gasteiger partial charge in [-0.1, -0.05) is 23.1 Å². The van der Waals surface area contributed by atoms with Crippen LogP contribution in [0.2, 0.25) is 0 Å². The normalized spacial score (nSPS) is 11.5. The summed E-state index contributed by atoms with van der Waals surface area (Å²) in [6.45, 7) is 3.11. The van der Waals surface area contributed by atoms with Crippen LogP contribution in [-0.4, -0.2) is 48.9 Å². The van der Waals surface area contributed by atoms with E-state index >= 15 is 0 Å². The molecule has 0 saturated carbocycles. The standard InChI is InChI=1S/C27H20N6O11S2/c1-4-5-8-11-33-26(36)21(14(2)32(33)3)29-30-22-18(45-44-43-39)12-15-13-19(46(40,41)42)23(25(35)20(15)24(22)34)31-28-17-10-7-6-9-16(17)27(37)38/h6-7,9-10,12-13,34-35,39H,1-3H3,(H,37,38)(H,40,41,42)/b30-29+,31-28?. The number of aromatic hydroxyl groups is 2. The molecule has 0 radical (unpaired) electrons. The van der Waals surface area contributed by atoms with Crippen molar-refractivity contribution in [2.24, 2.45) is 27.5 Å². The largest absolute Gasteiger partial charge is 0.505 e. The lowest BCUT2D eigenvalue weighted by Crippen LogP contribution is -2.17. The molecule has 0 saturated heterocycles. The summed E-state index contributed by atoms with van der Waals surface area (Å²) in [5.74, 6) is 4.32. The third-order valence-corrected chi connectivity index (χ3v) is 7.68. The average molecular weight is 669 g/mol. The first-order chi connectivity index (χ1) is 21.8. The summed E-state index contributed by atoms with van der Waals surface area (Å²) in [6.07, 6.45) is 0. The molecule has 1 aromatic heterocycles. The van der Waals surface area contributed by atoms with E-state index in [0.29, 0.717) is 5.69 Å². The van der Waals surface area contributed by atoms with Crippen LogP contribution in [0.3, 0.4) is 0 Å². The lowest BCUT2D eigenvalue weighted by molar-refractivity contribution is -0.432. The van der Waals surface area contributed by atoms with Gasteiger partial charge in [0.1, 0.15) is 22.0 Å². The van der Waals surface area contributed by atoms with Crippen LogP contribution in [0.5, 0.6) is 11.5 Å². The topological polar surface area (TPSA) is 247 Å². The van der Waals surface area contributed by atoms with Crippen LogP contribution >= 0.6 is 12.0 Å². The van der Waals surface area contributed by atoms with Crippen molar-refractivity contribution in [3.8, 4) is 35.3 Å². The van der Waals surface area contributed by atoms with E-state index in [0.717, 1.165) is 16.8 Å². The lowest BCUT2D eigenvalue weighted by Gasteiger charge is -2.13. The SMILES string of the molecule is CC#CC#Cn1c(=O)c(/N=N/c2c(SOOO)cc3cc(S(=O)(=O)O)c(N=Nc4ccccc4C(=O)O)c(O)c3c2O)c(C)n1C. The molecule has 19 heteroatoms. The van der Waals surface area contributed by atoms with E-state index in [9.17, 15) is 37.9 Å². The summed E-state index contributed by atoms with van der Waals surface area (Å²) in [5.41, 5.74) is -2.44. The molecule has 0 unspecified atom stereocenters. The maximum absolute atomic E-state index is 13.0. The second kappa shape index (κ2) is 13.6. The van der Waals surface area contributed by atoms with Gasteiger partial charge in [0.05, 0.1) is 39.6 Å². The van der Waals surface area contributed by atoms with Crippen molar-refractivity contribution in [3.05, 3.63) is 58.0 Å². The zero-order chi connectivity index (χ0) is 33.8. The molecular weight excluding hydrogens is 648 g/mol. The van der Waals surface area contributed by atoms with Crippen molar-refractivity contribution in [3.63, 3.8) is 0 Å². The number of hydrogen-bond acceptors (Lipinski definition) is 14. The first-order valence-corrected chi connectivity index (χ1v) is 14.5. The fraction of sp³-hybridized carbons (Fsp3) is 0.111. The maximum Gasteiger partial charge on any atom is 0.337 e. The first kappa shape index (κ1) is 33.4. The van der Waals surface area contributed by atoms with Crippen molar-refractivity contribution >= 4 is 61.7 Å². The summed E-state index contributed by atoms with van der Waals surface area (Å²) in [7, 11) is -3.58. The molecule has 0 spiro atoms. The number of phenolic OH excluding ortho intramolecular Hbond substituents is 2. The highest BCUT2D eigenvalue weighted by atomic mass is 32.2. The Morgan fingerprint density at radius 2 is 1.65 bits per heavy atom. The highest BCUT2D eigenvalue weighted by Crippen LogP contribution is 2.51. The van der Waals surface area contributed by atoms with Gasteiger partial charge < -0.3 is 15.3 Å². The van der Waals surface area contributed by atoms with E-state index in [1.807, 2.05) is 0 Å². The molecular formula is C27H20N6O11S2. The molecule has 0 amide bonds.